The molecule has 0 spiro atoms. The van der Waals surface area contributed by atoms with Gasteiger partial charge in [-0.3, -0.25) is 9.48 Å². The smallest absolute Gasteiger partial charge is 0.232 e. The Hall–Kier alpha value is -3.03. The average molecular weight is 360 g/mol. The second-order valence-electron chi connectivity index (χ2n) is 5.90. The van der Waals surface area contributed by atoms with Gasteiger partial charge in [0.15, 0.2) is 11.6 Å². The Morgan fingerprint density at radius 2 is 2.15 bits per heavy atom. The van der Waals surface area contributed by atoms with E-state index in [4.69, 9.17) is 9.47 Å². The molecule has 138 valence electrons. The number of aryl methyl sites for hydroxylation is 1. The molecule has 0 saturated heterocycles. The fourth-order valence-electron chi connectivity index (χ4n) is 2.64. The van der Waals surface area contributed by atoms with Crippen molar-refractivity contribution >= 4 is 16.8 Å². The second kappa shape index (κ2) is 7.90. The highest BCUT2D eigenvalue weighted by Crippen LogP contribution is 2.27. The number of fused-ring (bicyclic) bond motifs is 1. The minimum atomic E-state index is -0.439. The highest BCUT2D eigenvalue weighted by atomic mass is 19.1. The Morgan fingerprint density at radius 3 is 2.88 bits per heavy atom. The van der Waals surface area contributed by atoms with Gasteiger partial charge in [-0.1, -0.05) is 0 Å². The van der Waals surface area contributed by atoms with E-state index in [9.17, 15) is 9.18 Å². The number of nitrogens with one attached hydrogen (secondary N) is 2. The van der Waals surface area contributed by atoms with E-state index >= 15 is 0 Å². The van der Waals surface area contributed by atoms with Crippen molar-refractivity contribution in [3.63, 3.8) is 0 Å². The van der Waals surface area contributed by atoms with Gasteiger partial charge < -0.3 is 19.8 Å². The molecule has 0 saturated carbocycles. The van der Waals surface area contributed by atoms with Crippen LogP contribution in [0.25, 0.3) is 10.9 Å². The maximum Gasteiger partial charge on any atom is 0.232 e. The summed E-state index contributed by atoms with van der Waals surface area (Å²) in [7, 11) is 1.80. The van der Waals surface area contributed by atoms with Gasteiger partial charge in [0.1, 0.15) is 13.2 Å². The number of halogens is 1. The van der Waals surface area contributed by atoms with Gasteiger partial charge in [-0.05, 0) is 18.1 Å². The summed E-state index contributed by atoms with van der Waals surface area (Å²) in [6.45, 7) is 2.46. The molecule has 1 aromatic carbocycles. The van der Waals surface area contributed by atoms with E-state index in [1.54, 1.807) is 30.1 Å². The topological polar surface area (TPSA) is 81.2 Å². The predicted molar refractivity (Wildman–Crippen MR) is 94.8 cm³/mol. The Morgan fingerprint density at radius 1 is 1.35 bits per heavy atom. The number of rotatable bonds is 8. The number of nitrogens with zero attached hydrogens (tertiary/aromatic N) is 2. The summed E-state index contributed by atoms with van der Waals surface area (Å²) in [5.74, 6) is 0.152. The van der Waals surface area contributed by atoms with E-state index in [-0.39, 0.29) is 24.9 Å². The summed E-state index contributed by atoms with van der Waals surface area (Å²) < 4.78 is 26.8. The molecule has 0 bridgehead atoms. The maximum atomic E-state index is 14.2. The molecule has 0 aliphatic rings. The van der Waals surface area contributed by atoms with Crippen molar-refractivity contribution < 1.29 is 18.7 Å². The third-order valence-electron chi connectivity index (χ3n) is 3.87. The number of aromatic nitrogens is 3. The van der Waals surface area contributed by atoms with Crippen LogP contribution in [0.15, 0.2) is 30.6 Å². The standard InChI is InChI=1S/C18H21FN4O3/c1-12(24)20-5-3-13-11-21-16-10-15(19)17(9-14(13)16)25-7-8-26-18-4-6-23(2)22-18/h4,6,9-11,21H,3,5,7-8H2,1-2H3,(H,20,24). The molecular weight excluding hydrogens is 339 g/mol. The number of carbonyl (C=O) groups is 1. The van der Waals surface area contributed by atoms with Crippen LogP contribution in [-0.2, 0) is 18.3 Å². The molecule has 2 heterocycles. The highest BCUT2D eigenvalue weighted by Gasteiger charge is 2.11. The van der Waals surface area contributed by atoms with Crippen LogP contribution in [0, 0.1) is 5.82 Å². The van der Waals surface area contributed by atoms with E-state index in [1.807, 2.05) is 6.20 Å². The zero-order chi connectivity index (χ0) is 18.5. The van der Waals surface area contributed by atoms with Crippen LogP contribution in [0.4, 0.5) is 4.39 Å². The predicted octanol–water partition coefficient (Wildman–Crippen LogP) is 2.18. The molecule has 0 aliphatic heterocycles. The van der Waals surface area contributed by atoms with Crippen molar-refractivity contribution in [2.45, 2.75) is 13.3 Å². The molecule has 8 heteroatoms. The Balaban J connectivity index is 1.61. The summed E-state index contributed by atoms with van der Waals surface area (Å²) in [4.78, 5) is 14.0. The number of hydrogen-bond acceptors (Lipinski definition) is 4. The van der Waals surface area contributed by atoms with Crippen molar-refractivity contribution in [1.29, 1.82) is 0 Å². The second-order valence-corrected chi connectivity index (χ2v) is 5.90. The SMILES string of the molecule is CC(=O)NCCc1c[nH]c2cc(F)c(OCCOc3ccn(C)n3)cc12. The molecule has 2 aromatic heterocycles. The van der Waals surface area contributed by atoms with Crippen LogP contribution in [0.5, 0.6) is 11.6 Å². The first-order chi connectivity index (χ1) is 12.5. The van der Waals surface area contributed by atoms with Gasteiger partial charge in [0.25, 0.3) is 0 Å². The first-order valence-electron chi connectivity index (χ1n) is 8.32. The van der Waals surface area contributed by atoms with E-state index in [1.165, 1.54) is 13.0 Å². The van der Waals surface area contributed by atoms with Crippen molar-refractivity contribution in [1.82, 2.24) is 20.1 Å². The summed E-state index contributed by atoms with van der Waals surface area (Å²) in [6, 6.07) is 4.82. The van der Waals surface area contributed by atoms with Gasteiger partial charge in [-0.25, -0.2) is 4.39 Å². The largest absolute Gasteiger partial charge is 0.487 e. The molecular formula is C18H21FN4O3. The molecule has 26 heavy (non-hydrogen) atoms. The lowest BCUT2D eigenvalue weighted by Crippen LogP contribution is -2.22. The Labute approximate surface area is 150 Å². The average Bonchev–Trinajstić information content (AvgIpc) is 3.17. The third-order valence-corrected chi connectivity index (χ3v) is 3.87. The Bertz CT molecular complexity index is 903. The van der Waals surface area contributed by atoms with Crippen LogP contribution in [0.1, 0.15) is 12.5 Å². The third kappa shape index (κ3) is 4.33. The summed E-state index contributed by atoms with van der Waals surface area (Å²) in [6.07, 6.45) is 4.24. The van der Waals surface area contributed by atoms with Crippen molar-refractivity contribution in [2.75, 3.05) is 19.8 Å². The zero-order valence-corrected chi connectivity index (χ0v) is 14.7. The van der Waals surface area contributed by atoms with Gasteiger partial charge in [-0.2, -0.15) is 0 Å². The zero-order valence-electron chi connectivity index (χ0n) is 14.7. The molecule has 3 rings (SSSR count). The maximum absolute atomic E-state index is 14.2. The minimum absolute atomic E-state index is 0.0761. The van der Waals surface area contributed by atoms with E-state index in [0.29, 0.717) is 24.4 Å². The number of benzene rings is 1. The fraction of sp³-hybridized carbons (Fsp3) is 0.333. The van der Waals surface area contributed by atoms with E-state index < -0.39 is 5.82 Å². The quantitative estimate of drug-likeness (QED) is 0.604. The number of carbonyl (C=O) groups excluding carboxylic acids is 1. The molecule has 3 aromatic rings. The lowest BCUT2D eigenvalue weighted by atomic mass is 10.1. The Kier molecular flexibility index (Phi) is 5.40. The lowest BCUT2D eigenvalue weighted by molar-refractivity contribution is -0.118. The van der Waals surface area contributed by atoms with E-state index in [2.05, 4.69) is 15.4 Å². The van der Waals surface area contributed by atoms with Crippen LogP contribution in [-0.4, -0.2) is 40.4 Å². The fourth-order valence-corrected chi connectivity index (χ4v) is 2.64. The van der Waals surface area contributed by atoms with Gasteiger partial charge in [0.2, 0.25) is 11.8 Å². The number of amides is 1. The molecule has 0 fully saturated rings. The number of aromatic amines is 1. The first kappa shape index (κ1) is 17.8. The highest BCUT2D eigenvalue weighted by molar-refractivity contribution is 5.85. The van der Waals surface area contributed by atoms with E-state index in [0.717, 1.165) is 10.9 Å². The molecule has 0 atom stereocenters. The van der Waals surface area contributed by atoms with Crippen molar-refractivity contribution in [3.8, 4) is 11.6 Å². The van der Waals surface area contributed by atoms with Gasteiger partial charge >= 0.3 is 0 Å². The van der Waals surface area contributed by atoms with Crippen LogP contribution < -0.4 is 14.8 Å². The van der Waals surface area contributed by atoms with Crippen molar-refractivity contribution in [3.05, 3.63) is 42.0 Å². The monoisotopic (exact) mass is 360 g/mol. The minimum Gasteiger partial charge on any atom is -0.487 e. The van der Waals surface area contributed by atoms with Crippen LogP contribution >= 0.6 is 0 Å². The number of hydrogen-bond donors (Lipinski definition) is 2. The lowest BCUT2D eigenvalue weighted by Gasteiger charge is -2.09. The molecule has 1 amide bonds. The molecule has 0 radical (unpaired) electrons. The normalized spacial score (nSPS) is 10.9. The summed E-state index contributed by atoms with van der Waals surface area (Å²) in [5.41, 5.74) is 1.68. The first-order valence-corrected chi connectivity index (χ1v) is 8.32. The van der Waals surface area contributed by atoms with Crippen LogP contribution in [0.2, 0.25) is 0 Å². The van der Waals surface area contributed by atoms with Crippen molar-refractivity contribution in [2.24, 2.45) is 7.05 Å². The molecule has 7 nitrogen and oxygen atoms in total. The number of H-pyrrole nitrogens is 1. The van der Waals surface area contributed by atoms with Crippen LogP contribution in [0.3, 0.4) is 0 Å². The van der Waals surface area contributed by atoms with Gasteiger partial charge in [0, 0.05) is 55.9 Å². The molecule has 0 unspecified atom stereocenters. The molecule has 2 N–H and O–H groups in total. The summed E-state index contributed by atoms with van der Waals surface area (Å²) in [5, 5.41) is 7.71. The molecule has 0 aliphatic carbocycles. The van der Waals surface area contributed by atoms with Gasteiger partial charge in [-0.15, -0.1) is 5.10 Å². The number of ether oxygens (including phenoxy) is 2. The summed E-state index contributed by atoms with van der Waals surface area (Å²) >= 11 is 0. The van der Waals surface area contributed by atoms with Gasteiger partial charge in [0.05, 0.1) is 0 Å².